The van der Waals surface area contributed by atoms with Crippen molar-refractivity contribution >= 4 is 34.5 Å². The number of carbonyl (C=O) groups is 2. The minimum Gasteiger partial charge on any atom is -0.490 e. The number of ether oxygens (including phenoxy) is 2. The Morgan fingerprint density at radius 3 is 2.58 bits per heavy atom. The van der Waals surface area contributed by atoms with Gasteiger partial charge in [-0.1, -0.05) is 57.2 Å². The van der Waals surface area contributed by atoms with Gasteiger partial charge in [0.2, 0.25) is 5.91 Å². The first-order valence-corrected chi connectivity index (χ1v) is 16.5. The summed E-state index contributed by atoms with van der Waals surface area (Å²) in [7, 11) is 1.66. The van der Waals surface area contributed by atoms with Crippen LogP contribution in [0.15, 0.2) is 48.7 Å². The molecule has 0 fully saturated rings. The summed E-state index contributed by atoms with van der Waals surface area (Å²) in [4.78, 5) is 30.9. The number of nitrogens with zero attached hydrogens (tertiary/aromatic N) is 3. The van der Waals surface area contributed by atoms with E-state index in [9.17, 15) is 13.8 Å². The average Bonchev–Trinajstić information content (AvgIpc) is 3.55. The molecular weight excluding hydrogens is 594 g/mol. The monoisotopic (exact) mass is 637 g/mol. The highest BCUT2D eigenvalue weighted by Gasteiger charge is 2.24. The molecule has 1 amide bonds. The fraction of sp³-hybridized carbons (Fsp3) is 0.424. The molecule has 0 radical (unpaired) electrons. The van der Waals surface area contributed by atoms with Crippen LogP contribution in [0.4, 0.5) is 5.69 Å². The van der Waals surface area contributed by atoms with Crippen molar-refractivity contribution in [3.63, 3.8) is 0 Å². The lowest BCUT2D eigenvalue weighted by molar-refractivity contribution is -0.128. The number of aromatic nitrogens is 3. The molecule has 1 atom stereocenters. The van der Waals surface area contributed by atoms with Crippen molar-refractivity contribution in [1.82, 2.24) is 19.5 Å². The number of anilines is 1. The number of aromatic amines is 1. The van der Waals surface area contributed by atoms with E-state index in [1.165, 1.54) is 37.5 Å². The zero-order valence-electron chi connectivity index (χ0n) is 26.7. The number of H-pyrrole nitrogens is 1. The fourth-order valence-corrected chi connectivity index (χ4v) is 5.47. The molecule has 2 aromatic heterocycles. The van der Waals surface area contributed by atoms with Gasteiger partial charge in [-0.2, -0.15) is 4.21 Å². The number of rotatable bonds is 17. The van der Waals surface area contributed by atoms with Gasteiger partial charge in [0.25, 0.3) is 0 Å². The molecule has 4 rings (SSSR count). The van der Waals surface area contributed by atoms with Gasteiger partial charge in [-0.3, -0.25) is 14.6 Å². The highest BCUT2D eigenvalue weighted by Crippen LogP contribution is 2.30. The van der Waals surface area contributed by atoms with E-state index in [0.717, 1.165) is 18.4 Å². The van der Waals surface area contributed by atoms with Crippen LogP contribution >= 0.6 is 0 Å². The summed E-state index contributed by atoms with van der Waals surface area (Å²) >= 11 is -1.91. The van der Waals surface area contributed by atoms with Crippen LogP contribution in [0.1, 0.15) is 80.8 Å². The Balaban J connectivity index is 1.46. The van der Waals surface area contributed by atoms with Gasteiger partial charge in [0.15, 0.2) is 23.0 Å². The third-order valence-corrected chi connectivity index (χ3v) is 8.02. The number of nitrogens with one attached hydrogen (secondary N) is 2. The number of hydrogen-bond donors (Lipinski definition) is 2. The molecule has 2 N–H and O–H groups in total. The normalized spacial score (nSPS) is 11.8. The standard InChI is InChI=1S/C33H43N5O6S/c1-6-8-9-10-11-12-18-43-28-17-16-23(3)19-29(28)44-45(41)36-27-15-13-14-25(20-27)31-34-32-30(33(40)42-7-2)26(22-38(32)35-31)21-37(5)24(4)39/h13-17,19-20,22,36H,6-12,18,21H2,1-5H3,(H,34,35). The molecule has 0 aliphatic heterocycles. The van der Waals surface area contributed by atoms with Gasteiger partial charge in [-0.05, 0) is 50.1 Å². The Morgan fingerprint density at radius 1 is 1.04 bits per heavy atom. The van der Waals surface area contributed by atoms with E-state index >= 15 is 0 Å². The molecule has 4 aromatic rings. The van der Waals surface area contributed by atoms with E-state index in [2.05, 4.69) is 21.7 Å². The maximum Gasteiger partial charge on any atom is 0.342 e. The van der Waals surface area contributed by atoms with Crippen LogP contribution in [-0.4, -0.2) is 55.8 Å². The number of aryl methyl sites for hydroxylation is 1. The van der Waals surface area contributed by atoms with Crippen molar-refractivity contribution in [1.29, 1.82) is 0 Å². The van der Waals surface area contributed by atoms with Crippen LogP contribution in [0, 0.1) is 6.92 Å². The van der Waals surface area contributed by atoms with Crippen molar-refractivity contribution in [2.24, 2.45) is 0 Å². The molecule has 2 aromatic carbocycles. The Hall–Kier alpha value is -4.32. The zero-order valence-corrected chi connectivity index (χ0v) is 27.5. The summed E-state index contributed by atoms with van der Waals surface area (Å²) in [5.74, 6) is 0.803. The number of hydrogen-bond acceptors (Lipinski definition) is 7. The van der Waals surface area contributed by atoms with Crippen molar-refractivity contribution in [3.8, 4) is 22.9 Å². The van der Waals surface area contributed by atoms with E-state index in [4.69, 9.17) is 13.7 Å². The Bertz CT molecular complexity index is 1630. The van der Waals surface area contributed by atoms with Crippen molar-refractivity contribution in [3.05, 3.63) is 65.4 Å². The van der Waals surface area contributed by atoms with Crippen LogP contribution in [0.5, 0.6) is 11.5 Å². The van der Waals surface area contributed by atoms with Crippen molar-refractivity contribution in [2.75, 3.05) is 25.0 Å². The zero-order chi connectivity index (χ0) is 32.3. The second kappa shape index (κ2) is 16.1. The lowest BCUT2D eigenvalue weighted by Gasteiger charge is -2.14. The van der Waals surface area contributed by atoms with Crippen LogP contribution in [0.2, 0.25) is 0 Å². The molecule has 12 heteroatoms. The molecule has 0 aliphatic rings. The number of unbranched alkanes of at least 4 members (excludes halogenated alkanes) is 5. The van der Waals surface area contributed by atoms with E-state index in [-0.39, 0.29) is 19.1 Å². The number of fused-ring (bicyclic) bond motifs is 1. The first kappa shape index (κ1) is 33.6. The minimum absolute atomic E-state index is 0.127. The first-order valence-electron chi connectivity index (χ1n) is 15.4. The molecule has 11 nitrogen and oxygen atoms in total. The lowest BCUT2D eigenvalue weighted by atomic mass is 10.1. The van der Waals surface area contributed by atoms with Gasteiger partial charge in [-0.15, -0.1) is 0 Å². The molecule has 45 heavy (non-hydrogen) atoms. The molecule has 0 aliphatic carbocycles. The smallest absolute Gasteiger partial charge is 0.342 e. The van der Waals surface area contributed by atoms with Gasteiger partial charge in [-0.25, -0.2) is 14.3 Å². The van der Waals surface area contributed by atoms with Gasteiger partial charge in [0.1, 0.15) is 5.56 Å². The summed E-state index contributed by atoms with van der Waals surface area (Å²) in [6.45, 7) is 8.34. The van der Waals surface area contributed by atoms with E-state index in [1.54, 1.807) is 42.9 Å². The van der Waals surface area contributed by atoms with Gasteiger partial charge in [0, 0.05) is 37.8 Å². The number of esters is 1. The van der Waals surface area contributed by atoms with Gasteiger partial charge in [0.05, 0.1) is 18.9 Å². The summed E-state index contributed by atoms with van der Waals surface area (Å²) < 4.78 is 34.6. The number of amides is 1. The summed E-state index contributed by atoms with van der Waals surface area (Å²) in [6, 6.07) is 12.8. The summed E-state index contributed by atoms with van der Waals surface area (Å²) in [5.41, 5.74) is 3.49. The minimum atomic E-state index is -1.91. The Morgan fingerprint density at radius 2 is 1.82 bits per heavy atom. The van der Waals surface area contributed by atoms with E-state index < -0.39 is 17.2 Å². The van der Waals surface area contributed by atoms with E-state index in [0.29, 0.717) is 52.0 Å². The Kier molecular flexibility index (Phi) is 12.0. The largest absolute Gasteiger partial charge is 0.490 e. The highest BCUT2D eigenvalue weighted by atomic mass is 32.2. The molecule has 1 unspecified atom stereocenters. The molecule has 0 saturated heterocycles. The fourth-order valence-electron chi connectivity index (χ4n) is 4.82. The van der Waals surface area contributed by atoms with Crippen molar-refractivity contribution in [2.45, 2.75) is 72.8 Å². The van der Waals surface area contributed by atoms with Crippen molar-refractivity contribution < 1.29 is 27.5 Å². The lowest BCUT2D eigenvalue weighted by Crippen LogP contribution is -2.24. The predicted molar refractivity (Wildman–Crippen MR) is 176 cm³/mol. The summed E-state index contributed by atoms with van der Waals surface area (Å²) in [5, 5.41) is 3.19. The maximum absolute atomic E-state index is 13.0. The number of carbonyl (C=O) groups excluding carboxylic acids is 2. The SMILES string of the molecule is CCCCCCCCOc1ccc(C)cc1OS(=O)Nc1cccc(-c2nc3c(C(=O)OCC)c(CN(C)C(C)=O)cn3[nH]2)c1. The van der Waals surface area contributed by atoms with Gasteiger partial charge < -0.3 is 18.6 Å². The molecule has 0 saturated carbocycles. The third-order valence-electron chi connectivity index (χ3n) is 7.28. The molecule has 242 valence electrons. The van der Waals surface area contributed by atoms with Crippen LogP contribution in [0.25, 0.3) is 17.0 Å². The molecule has 0 spiro atoms. The van der Waals surface area contributed by atoms with Crippen LogP contribution in [0.3, 0.4) is 0 Å². The van der Waals surface area contributed by atoms with E-state index in [1.807, 2.05) is 31.2 Å². The molecule has 0 bridgehead atoms. The van der Waals surface area contributed by atoms with Gasteiger partial charge >= 0.3 is 17.2 Å². The molecular formula is C33H43N5O6S. The second-order valence-electron chi connectivity index (χ2n) is 11.0. The second-order valence-corrected chi connectivity index (χ2v) is 11.8. The predicted octanol–water partition coefficient (Wildman–Crippen LogP) is 6.60. The van der Waals surface area contributed by atoms with Crippen LogP contribution in [-0.2, 0) is 27.3 Å². The summed E-state index contributed by atoms with van der Waals surface area (Å²) in [6.07, 6.45) is 8.71. The first-order chi connectivity index (χ1) is 21.7. The van der Waals surface area contributed by atoms with Crippen LogP contribution < -0.4 is 13.6 Å². The third kappa shape index (κ3) is 9.10. The average molecular weight is 638 g/mol. The maximum atomic E-state index is 13.0. The topological polar surface area (TPSA) is 127 Å². The Labute approximate surface area is 267 Å². The molecule has 2 heterocycles. The quantitative estimate of drug-likeness (QED) is 0.0986. The number of benzene rings is 2. The highest BCUT2D eigenvalue weighted by molar-refractivity contribution is 7.82.